The molecule has 0 saturated carbocycles. The van der Waals surface area contributed by atoms with Crippen molar-refractivity contribution >= 4 is 44.8 Å². The van der Waals surface area contributed by atoms with Crippen LogP contribution in [0.25, 0.3) is 38.5 Å². The van der Waals surface area contributed by atoms with Crippen LogP contribution >= 0.6 is 0 Å². The van der Waals surface area contributed by atoms with E-state index in [0.29, 0.717) is 60.9 Å². The van der Waals surface area contributed by atoms with E-state index >= 15 is 0 Å². The summed E-state index contributed by atoms with van der Waals surface area (Å²) >= 11 is 0. The number of aromatic nitrogens is 1. The van der Waals surface area contributed by atoms with Gasteiger partial charge in [0.25, 0.3) is 0 Å². The van der Waals surface area contributed by atoms with Crippen molar-refractivity contribution in [1.82, 2.24) is 4.57 Å². The fourth-order valence-electron chi connectivity index (χ4n) is 4.74. The number of hydrogen-bond donors (Lipinski definition) is 0. The minimum atomic E-state index is -0.487. The summed E-state index contributed by atoms with van der Waals surface area (Å²) in [7, 11) is 0. The van der Waals surface area contributed by atoms with Gasteiger partial charge in [-0.1, -0.05) is 18.2 Å². The molecule has 0 atom stereocenters. The fraction of sp³-hybridized carbons (Fsp3) is 0.231. The van der Waals surface area contributed by atoms with Gasteiger partial charge in [-0.25, -0.2) is 14.0 Å². The highest BCUT2D eigenvalue weighted by molar-refractivity contribution is 6.22. The Morgan fingerprint density at radius 2 is 1.61 bits per heavy atom. The quantitative estimate of drug-likeness (QED) is 0.190. The van der Waals surface area contributed by atoms with Crippen LogP contribution in [0.2, 0.25) is 0 Å². The number of fused-ring (bicyclic) bond motifs is 2. The van der Waals surface area contributed by atoms with Crippen LogP contribution in [0.15, 0.2) is 40.8 Å². The minimum Gasteiger partial charge on any atom is -0.462 e. The zero-order valence-electron chi connectivity index (χ0n) is 18.7. The third-order valence-corrected chi connectivity index (χ3v) is 6.03. The van der Waals surface area contributed by atoms with Crippen molar-refractivity contribution in [2.75, 3.05) is 13.2 Å². The van der Waals surface area contributed by atoms with Crippen molar-refractivity contribution in [3.05, 3.63) is 64.6 Å². The Kier molecular flexibility index (Phi) is 4.85. The van der Waals surface area contributed by atoms with Gasteiger partial charge in [-0.3, -0.25) is 0 Å². The van der Waals surface area contributed by atoms with Crippen LogP contribution in [-0.4, -0.2) is 29.7 Å². The summed E-state index contributed by atoms with van der Waals surface area (Å²) in [6, 6.07) is 9.74. The smallest absolute Gasteiger partial charge is 0.340 e. The number of hydrogen-bond acceptors (Lipinski definition) is 5. The zero-order valence-corrected chi connectivity index (χ0v) is 18.7. The first-order chi connectivity index (χ1) is 15.9. The van der Waals surface area contributed by atoms with Crippen LogP contribution in [0.5, 0.6) is 0 Å². The zero-order chi connectivity index (χ0) is 23.4. The Balaban J connectivity index is 2.11. The van der Waals surface area contributed by atoms with Gasteiger partial charge in [0.1, 0.15) is 5.82 Å². The number of halogens is 1. The predicted molar refractivity (Wildman–Crippen MR) is 123 cm³/mol. The molecule has 3 aromatic rings. The molecule has 0 fully saturated rings. The molecule has 2 aliphatic rings. The lowest BCUT2D eigenvalue weighted by Crippen LogP contribution is -2.18. The third kappa shape index (κ3) is 2.92. The minimum absolute atomic E-state index is 0.213. The molecule has 6 nitrogen and oxygen atoms in total. The van der Waals surface area contributed by atoms with Gasteiger partial charge in [-0.15, -0.1) is 0 Å². The molecule has 168 valence electrons. The summed E-state index contributed by atoms with van der Waals surface area (Å²) in [5.41, 5.74) is 3.99. The van der Waals surface area contributed by atoms with Crippen LogP contribution in [0, 0.1) is 19.7 Å². The molecule has 0 bridgehead atoms. The first-order valence-electron chi connectivity index (χ1n) is 10.8. The topological polar surface area (TPSA) is 70.7 Å². The largest absolute Gasteiger partial charge is 0.462 e. The number of nitrogens with zero attached hydrogens (tertiary/aromatic N) is 1. The molecule has 7 heteroatoms. The van der Waals surface area contributed by atoms with Crippen LogP contribution in [0.4, 0.5) is 4.39 Å². The molecule has 0 aliphatic carbocycles. The normalized spacial score (nSPS) is 11.7. The van der Waals surface area contributed by atoms with E-state index in [9.17, 15) is 14.0 Å². The van der Waals surface area contributed by atoms with Gasteiger partial charge in [-0.2, -0.15) is 0 Å². The van der Waals surface area contributed by atoms with Gasteiger partial charge in [0.2, 0.25) is 0 Å². The number of carbonyl (C=O) groups excluding carboxylic acids is 2. The highest BCUT2D eigenvalue weighted by atomic mass is 19.1. The van der Waals surface area contributed by atoms with E-state index in [2.05, 4.69) is 0 Å². The van der Waals surface area contributed by atoms with Crippen LogP contribution in [0.3, 0.4) is 0 Å². The van der Waals surface area contributed by atoms with Crippen molar-refractivity contribution < 1.29 is 27.9 Å². The molecule has 0 N–H and O–H groups in total. The predicted octanol–water partition coefficient (Wildman–Crippen LogP) is 6.08. The van der Waals surface area contributed by atoms with Crippen molar-refractivity contribution in [3.8, 4) is 5.69 Å². The molecule has 2 heterocycles. The molecule has 0 aromatic heterocycles. The highest BCUT2D eigenvalue weighted by Gasteiger charge is 2.30. The van der Waals surface area contributed by atoms with E-state index < -0.39 is 17.8 Å². The number of rotatable bonds is 4. The average Bonchev–Trinajstić information content (AvgIpc) is 2.78. The number of esters is 2. The summed E-state index contributed by atoms with van der Waals surface area (Å²) in [5.74, 6) is -1.41. The molecule has 0 radical (unpaired) electrons. The number of benzene rings is 3. The number of aryl methyl sites for hydroxylation is 1. The van der Waals surface area contributed by atoms with Crippen LogP contribution in [-0.2, 0) is 9.47 Å². The average molecular weight is 447 g/mol. The lowest BCUT2D eigenvalue weighted by molar-refractivity contribution is 0.0518. The summed E-state index contributed by atoms with van der Waals surface area (Å²) < 4.78 is 32.9. The maximum absolute atomic E-state index is 14.1. The van der Waals surface area contributed by atoms with E-state index in [1.54, 1.807) is 32.9 Å². The number of pyridine rings is 1. The van der Waals surface area contributed by atoms with Crippen molar-refractivity contribution in [3.63, 3.8) is 0 Å². The molecule has 0 amide bonds. The lowest BCUT2D eigenvalue weighted by Gasteiger charge is -2.26. The first kappa shape index (κ1) is 21.0. The molecule has 3 aromatic carbocycles. The van der Waals surface area contributed by atoms with E-state index in [4.69, 9.17) is 13.9 Å². The van der Waals surface area contributed by atoms with Crippen LogP contribution < -0.4 is 0 Å². The Bertz CT molecular complexity index is 1560. The SMILES string of the molecule is CCOC(=O)c1c(C)c2oc3cc(F)ccc3n3c(C)c(C(=O)OCC)c4cccc1c4c2-3. The van der Waals surface area contributed by atoms with E-state index in [1.807, 2.05) is 23.6 Å². The highest BCUT2D eigenvalue weighted by Crippen LogP contribution is 2.44. The number of carbonyl (C=O) groups is 2. The van der Waals surface area contributed by atoms with Crippen LogP contribution in [0.1, 0.15) is 45.8 Å². The number of ether oxygens (including phenoxy) is 2. The van der Waals surface area contributed by atoms with Gasteiger partial charge in [0, 0.05) is 28.1 Å². The third-order valence-electron chi connectivity index (χ3n) is 6.03. The summed E-state index contributed by atoms with van der Waals surface area (Å²) in [6.45, 7) is 7.53. The second-order valence-electron chi connectivity index (χ2n) is 7.86. The van der Waals surface area contributed by atoms with Gasteiger partial charge < -0.3 is 18.5 Å². The summed E-state index contributed by atoms with van der Waals surface area (Å²) in [6.07, 6.45) is 0. The van der Waals surface area contributed by atoms with Gasteiger partial charge in [-0.05, 0) is 45.2 Å². The Hall–Kier alpha value is -3.87. The Morgan fingerprint density at radius 3 is 2.27 bits per heavy atom. The van der Waals surface area contributed by atoms with Gasteiger partial charge >= 0.3 is 11.9 Å². The van der Waals surface area contributed by atoms with Gasteiger partial charge in [0.15, 0.2) is 11.2 Å². The van der Waals surface area contributed by atoms with Crippen molar-refractivity contribution in [2.24, 2.45) is 0 Å². The molecule has 0 unspecified atom stereocenters. The fourth-order valence-corrected chi connectivity index (χ4v) is 4.74. The second-order valence-corrected chi connectivity index (χ2v) is 7.86. The summed E-state index contributed by atoms with van der Waals surface area (Å²) in [5, 5.41) is 1.98. The monoisotopic (exact) mass is 447 g/mol. The molecular weight excluding hydrogens is 425 g/mol. The van der Waals surface area contributed by atoms with E-state index in [-0.39, 0.29) is 13.2 Å². The van der Waals surface area contributed by atoms with Crippen molar-refractivity contribution in [1.29, 1.82) is 0 Å². The molecule has 0 saturated heterocycles. The second kappa shape index (κ2) is 7.62. The Morgan fingerprint density at radius 1 is 0.970 bits per heavy atom. The van der Waals surface area contributed by atoms with E-state index in [1.165, 1.54) is 12.1 Å². The molecule has 33 heavy (non-hydrogen) atoms. The molecule has 2 aliphatic heterocycles. The maximum atomic E-state index is 14.1. The summed E-state index contributed by atoms with van der Waals surface area (Å²) in [4.78, 5) is 26.1. The van der Waals surface area contributed by atoms with Crippen molar-refractivity contribution in [2.45, 2.75) is 27.7 Å². The standard InChI is InChI=1S/C26H22FNO5/c1-5-31-25(29)20-13(3)24-23-22-16(20)8-7-9-17(22)21(26(30)32-6-2)14(4)28(23)18-11-10-15(27)12-19(18)33-24/h7-12H,5-6H2,1-4H3. The molecule has 0 spiro atoms. The van der Waals surface area contributed by atoms with E-state index in [0.717, 1.165) is 0 Å². The molecular formula is C26H22FNO5. The maximum Gasteiger partial charge on any atom is 0.340 e. The van der Waals surface area contributed by atoms with Gasteiger partial charge in [0.05, 0.1) is 35.5 Å². The first-order valence-corrected chi connectivity index (χ1v) is 10.8. The Labute approximate surface area is 188 Å². The molecule has 5 rings (SSSR count). The lowest BCUT2D eigenvalue weighted by atomic mass is 9.90.